The number of hydrogen-bond donors (Lipinski definition) is 0. The Bertz CT molecular complexity index is 1200. The highest BCUT2D eigenvalue weighted by Gasteiger charge is 2.17. The largest absolute Gasteiger partial charge is 0.494 e. The van der Waals surface area contributed by atoms with Gasteiger partial charge in [0.05, 0.1) is 28.3 Å². The first-order valence-corrected chi connectivity index (χ1v) is 11.1. The van der Waals surface area contributed by atoms with Gasteiger partial charge in [-0.25, -0.2) is 4.39 Å². The van der Waals surface area contributed by atoms with E-state index in [9.17, 15) is 17.6 Å². The van der Waals surface area contributed by atoms with Gasteiger partial charge in [-0.1, -0.05) is 11.3 Å². The number of hydrogen-bond acceptors (Lipinski definition) is 6. The van der Waals surface area contributed by atoms with Crippen molar-refractivity contribution in [2.45, 2.75) is 25.3 Å². The molecule has 10 heteroatoms. The van der Waals surface area contributed by atoms with Crippen LogP contribution in [0, 0.1) is 5.82 Å². The standard InChI is InChI=1S/C19H19FN2O5S2/c1-3-26-14-7-10-16-17(11-14)28-19(22(16)12-18(23)27-4-2)21-29(24,25)15-8-5-13(20)6-9-15/h5-11H,3-4,12H2,1-2H3. The Hall–Kier alpha value is -2.72. The third-order valence-corrected chi connectivity index (χ3v) is 6.31. The van der Waals surface area contributed by atoms with Gasteiger partial charge in [0.25, 0.3) is 10.0 Å². The molecular weight excluding hydrogens is 419 g/mol. The molecule has 0 saturated heterocycles. The minimum absolute atomic E-state index is 0.103. The third kappa shape index (κ3) is 4.83. The van der Waals surface area contributed by atoms with Crippen molar-refractivity contribution in [3.05, 3.63) is 53.1 Å². The SMILES string of the molecule is CCOC(=O)Cn1c(=NS(=O)(=O)c2ccc(F)cc2)sc2cc(OCC)ccc21. The number of aromatic nitrogens is 1. The molecule has 0 radical (unpaired) electrons. The number of carbonyl (C=O) groups excluding carboxylic acids is 1. The van der Waals surface area contributed by atoms with E-state index in [4.69, 9.17) is 9.47 Å². The maximum absolute atomic E-state index is 13.1. The van der Waals surface area contributed by atoms with Gasteiger partial charge in [-0.2, -0.15) is 8.42 Å². The smallest absolute Gasteiger partial charge is 0.326 e. The zero-order valence-electron chi connectivity index (χ0n) is 15.8. The lowest BCUT2D eigenvalue weighted by atomic mass is 10.3. The molecule has 0 fully saturated rings. The van der Waals surface area contributed by atoms with Gasteiger partial charge >= 0.3 is 5.97 Å². The van der Waals surface area contributed by atoms with Crippen LogP contribution >= 0.6 is 11.3 Å². The fourth-order valence-electron chi connectivity index (χ4n) is 2.63. The van der Waals surface area contributed by atoms with Gasteiger partial charge in [0.2, 0.25) is 4.80 Å². The molecule has 0 aliphatic heterocycles. The minimum atomic E-state index is -4.10. The third-order valence-electron chi connectivity index (χ3n) is 3.87. The summed E-state index contributed by atoms with van der Waals surface area (Å²) >= 11 is 1.10. The van der Waals surface area contributed by atoms with Crippen LogP contribution in [0.3, 0.4) is 0 Å². The van der Waals surface area contributed by atoms with E-state index < -0.39 is 21.8 Å². The topological polar surface area (TPSA) is 87.0 Å². The van der Waals surface area contributed by atoms with Gasteiger partial charge in [-0.15, -0.1) is 4.40 Å². The van der Waals surface area contributed by atoms with Crippen molar-refractivity contribution in [2.24, 2.45) is 4.40 Å². The van der Waals surface area contributed by atoms with E-state index in [2.05, 4.69) is 4.40 Å². The number of rotatable bonds is 7. The molecule has 3 rings (SSSR count). The summed E-state index contributed by atoms with van der Waals surface area (Å²) in [4.78, 5) is 12.0. The van der Waals surface area contributed by atoms with Crippen molar-refractivity contribution in [3.8, 4) is 5.75 Å². The molecule has 0 aliphatic carbocycles. The molecule has 0 spiro atoms. The van der Waals surface area contributed by atoms with Gasteiger partial charge in [0.15, 0.2) is 0 Å². The van der Waals surface area contributed by atoms with Gasteiger partial charge < -0.3 is 14.0 Å². The second-order valence-electron chi connectivity index (χ2n) is 5.86. The number of halogens is 1. The Morgan fingerprint density at radius 1 is 1.14 bits per heavy atom. The molecular formula is C19H19FN2O5S2. The molecule has 3 aromatic rings. The number of thiazole rings is 1. The first-order chi connectivity index (χ1) is 13.8. The van der Waals surface area contributed by atoms with Gasteiger partial charge in [0.1, 0.15) is 18.1 Å². The van der Waals surface area contributed by atoms with Crippen LogP contribution in [0.15, 0.2) is 51.8 Å². The molecule has 0 atom stereocenters. The van der Waals surface area contributed by atoms with Gasteiger partial charge in [0, 0.05) is 0 Å². The van der Waals surface area contributed by atoms with E-state index in [1.807, 2.05) is 6.92 Å². The molecule has 0 unspecified atom stereocenters. The minimum Gasteiger partial charge on any atom is -0.494 e. The Balaban J connectivity index is 2.17. The number of esters is 1. The Morgan fingerprint density at radius 2 is 1.86 bits per heavy atom. The zero-order valence-corrected chi connectivity index (χ0v) is 17.4. The van der Waals surface area contributed by atoms with Crippen molar-refractivity contribution in [1.29, 1.82) is 0 Å². The molecule has 0 aliphatic rings. The van der Waals surface area contributed by atoms with Crippen LogP contribution in [0.4, 0.5) is 4.39 Å². The molecule has 0 bridgehead atoms. The molecule has 1 aromatic heterocycles. The van der Waals surface area contributed by atoms with Crippen LogP contribution in [0.5, 0.6) is 5.75 Å². The van der Waals surface area contributed by atoms with E-state index >= 15 is 0 Å². The van der Waals surface area contributed by atoms with E-state index in [1.165, 1.54) is 4.57 Å². The summed E-state index contributed by atoms with van der Waals surface area (Å²) < 4.78 is 55.1. The second kappa shape index (κ2) is 8.75. The van der Waals surface area contributed by atoms with Crippen molar-refractivity contribution >= 4 is 37.5 Å². The predicted octanol–water partition coefficient (Wildman–Crippen LogP) is 3.09. The van der Waals surface area contributed by atoms with Crippen molar-refractivity contribution in [3.63, 3.8) is 0 Å². The molecule has 0 N–H and O–H groups in total. The molecule has 0 saturated carbocycles. The summed E-state index contributed by atoms with van der Waals surface area (Å²) in [6.07, 6.45) is 0. The monoisotopic (exact) mass is 438 g/mol. The van der Waals surface area contributed by atoms with Crippen molar-refractivity contribution < 1.29 is 27.1 Å². The molecule has 154 valence electrons. The van der Waals surface area contributed by atoms with Crippen LogP contribution in [-0.2, 0) is 26.1 Å². The number of carbonyl (C=O) groups is 1. The van der Waals surface area contributed by atoms with Crippen molar-refractivity contribution in [2.75, 3.05) is 13.2 Å². The first kappa shape index (κ1) is 21.0. The maximum atomic E-state index is 13.1. The Morgan fingerprint density at radius 3 is 2.52 bits per heavy atom. The van der Waals surface area contributed by atoms with E-state index in [0.29, 0.717) is 22.6 Å². The number of sulfonamides is 1. The molecule has 2 aromatic carbocycles. The fourth-order valence-corrected chi connectivity index (χ4v) is 4.89. The number of nitrogens with zero attached hydrogens (tertiary/aromatic N) is 2. The molecule has 0 amide bonds. The highest BCUT2D eigenvalue weighted by molar-refractivity contribution is 7.90. The lowest BCUT2D eigenvalue weighted by Crippen LogP contribution is -2.23. The molecule has 1 heterocycles. The van der Waals surface area contributed by atoms with Crippen molar-refractivity contribution in [1.82, 2.24) is 4.57 Å². The maximum Gasteiger partial charge on any atom is 0.326 e. The molecule has 29 heavy (non-hydrogen) atoms. The van der Waals surface area contributed by atoms with Crippen LogP contribution < -0.4 is 9.54 Å². The number of benzene rings is 2. The highest BCUT2D eigenvalue weighted by atomic mass is 32.2. The number of fused-ring (bicyclic) bond motifs is 1. The summed E-state index contributed by atoms with van der Waals surface area (Å²) in [5.74, 6) is -0.439. The summed E-state index contributed by atoms with van der Waals surface area (Å²) in [6, 6.07) is 9.62. The van der Waals surface area contributed by atoms with E-state index in [1.54, 1.807) is 25.1 Å². The van der Waals surface area contributed by atoms with E-state index in [0.717, 1.165) is 35.6 Å². The lowest BCUT2D eigenvalue weighted by Gasteiger charge is -2.06. The fraction of sp³-hybridized carbons (Fsp3) is 0.263. The Kier molecular flexibility index (Phi) is 6.33. The zero-order chi connectivity index (χ0) is 21.0. The average Bonchev–Trinajstić information content (AvgIpc) is 2.98. The van der Waals surface area contributed by atoms with Crippen LogP contribution in [0.25, 0.3) is 10.2 Å². The summed E-state index contributed by atoms with van der Waals surface area (Å²) in [7, 11) is -4.10. The highest BCUT2D eigenvalue weighted by Crippen LogP contribution is 2.24. The number of ether oxygens (including phenoxy) is 2. The summed E-state index contributed by atoms with van der Waals surface area (Å²) in [5, 5.41) is 0. The van der Waals surface area contributed by atoms with Crippen LogP contribution in [-0.4, -0.2) is 32.2 Å². The Labute approximate surface area is 171 Å². The average molecular weight is 439 g/mol. The van der Waals surface area contributed by atoms with Crippen LogP contribution in [0.2, 0.25) is 0 Å². The summed E-state index contributed by atoms with van der Waals surface area (Å²) in [5.41, 5.74) is 0.625. The first-order valence-electron chi connectivity index (χ1n) is 8.82. The quantitative estimate of drug-likeness (QED) is 0.529. The predicted molar refractivity (Wildman–Crippen MR) is 107 cm³/mol. The second-order valence-corrected chi connectivity index (χ2v) is 8.47. The summed E-state index contributed by atoms with van der Waals surface area (Å²) in [6.45, 7) is 4.04. The molecule has 7 nitrogen and oxygen atoms in total. The van der Waals surface area contributed by atoms with Gasteiger partial charge in [-0.05, 0) is 56.3 Å². The normalized spacial score (nSPS) is 12.3. The van der Waals surface area contributed by atoms with E-state index in [-0.39, 0.29) is 22.8 Å². The van der Waals surface area contributed by atoms with Gasteiger partial charge in [-0.3, -0.25) is 4.79 Å². The lowest BCUT2D eigenvalue weighted by molar-refractivity contribution is -0.143. The van der Waals surface area contributed by atoms with Crippen LogP contribution in [0.1, 0.15) is 13.8 Å².